The molecule has 25 heavy (non-hydrogen) atoms. The maximum atomic E-state index is 12.3. The van der Waals surface area contributed by atoms with Gasteiger partial charge in [-0.05, 0) is 36.1 Å². The molecule has 2 rings (SSSR count). The van der Waals surface area contributed by atoms with Crippen molar-refractivity contribution < 1.29 is 19.1 Å². The van der Waals surface area contributed by atoms with E-state index in [1.165, 1.54) is 7.11 Å². The van der Waals surface area contributed by atoms with Crippen LogP contribution >= 0.6 is 11.6 Å². The number of benzene rings is 1. The van der Waals surface area contributed by atoms with Gasteiger partial charge in [0.05, 0.1) is 25.7 Å². The average Bonchev–Trinajstić information content (AvgIpc) is 2.85. The minimum atomic E-state index is -1.27. The van der Waals surface area contributed by atoms with E-state index in [9.17, 15) is 9.59 Å². The van der Waals surface area contributed by atoms with E-state index in [1.54, 1.807) is 0 Å². The Morgan fingerprint density at radius 1 is 1.28 bits per heavy atom. The van der Waals surface area contributed by atoms with Gasteiger partial charge in [-0.15, -0.1) is 0 Å². The maximum absolute atomic E-state index is 12.3. The molecule has 0 saturated heterocycles. The number of carbonyl (C=O) groups is 2. The zero-order valence-electron chi connectivity index (χ0n) is 15.3. The molecule has 0 fully saturated rings. The summed E-state index contributed by atoms with van der Waals surface area (Å²) >= 11 is 6.28. The van der Waals surface area contributed by atoms with Crippen LogP contribution in [0.1, 0.15) is 17.5 Å². The van der Waals surface area contributed by atoms with Gasteiger partial charge in [0.15, 0.2) is 0 Å². The smallest absolute Gasteiger partial charge is 0.407 e. The topological polar surface area (TPSA) is 64.6 Å². The van der Waals surface area contributed by atoms with Crippen LogP contribution in [-0.2, 0) is 27.1 Å². The van der Waals surface area contributed by atoms with Gasteiger partial charge in [0, 0.05) is 13.1 Å². The minimum absolute atomic E-state index is 0.0810. The van der Waals surface area contributed by atoms with Crippen molar-refractivity contribution in [1.82, 2.24) is 5.32 Å². The molecule has 1 N–H and O–H groups in total. The summed E-state index contributed by atoms with van der Waals surface area (Å²) < 4.78 is 10.2. The van der Waals surface area contributed by atoms with E-state index >= 15 is 0 Å². The molecule has 0 aromatic heterocycles. The van der Waals surface area contributed by atoms with E-state index in [0.29, 0.717) is 24.5 Å². The van der Waals surface area contributed by atoms with Gasteiger partial charge in [-0.1, -0.05) is 43.4 Å². The summed E-state index contributed by atoms with van der Waals surface area (Å²) in [6.07, 6.45) is 0.602. The van der Waals surface area contributed by atoms with Crippen LogP contribution in [0.5, 0.6) is 0 Å². The third-order valence-electron chi connectivity index (χ3n) is 4.42. The number of hydrogen-bond donors (Lipinski definition) is 1. The molecule has 0 aliphatic heterocycles. The highest BCUT2D eigenvalue weighted by atomic mass is 35.5. The second-order valence-corrected chi connectivity index (χ2v) is 13.9. The van der Waals surface area contributed by atoms with E-state index in [4.69, 9.17) is 21.1 Å². The summed E-state index contributed by atoms with van der Waals surface area (Å²) in [5, 5.41) is 3.56. The Morgan fingerprint density at radius 3 is 2.60 bits per heavy atom. The van der Waals surface area contributed by atoms with Crippen LogP contribution in [0.4, 0.5) is 4.79 Å². The molecular formula is C18H26ClNO4Si. The molecule has 0 heterocycles. The molecule has 0 radical (unpaired) electrons. The summed E-state index contributed by atoms with van der Waals surface area (Å²) in [5.74, 6) is -0.369. The van der Waals surface area contributed by atoms with Crippen molar-refractivity contribution in [2.75, 3.05) is 13.7 Å². The molecule has 1 aliphatic carbocycles. The monoisotopic (exact) mass is 383 g/mol. The van der Waals surface area contributed by atoms with Crippen molar-refractivity contribution in [3.8, 4) is 0 Å². The number of fused-ring (bicyclic) bond motifs is 1. The number of carbonyl (C=O) groups excluding carboxylic acids is 2. The molecule has 5 nitrogen and oxygen atoms in total. The summed E-state index contributed by atoms with van der Waals surface area (Å²) in [7, 11) is 0.0699. The van der Waals surface area contributed by atoms with Crippen LogP contribution in [0.2, 0.25) is 30.7 Å². The summed E-state index contributed by atoms with van der Waals surface area (Å²) in [4.78, 5) is 24.2. The van der Waals surface area contributed by atoms with E-state index < -0.39 is 19.7 Å². The number of rotatable bonds is 6. The highest BCUT2D eigenvalue weighted by molar-refractivity contribution is 6.76. The lowest BCUT2D eigenvalue weighted by atomic mass is 9.91. The normalized spacial score (nSPS) is 19.2. The molecule has 0 spiro atoms. The third kappa shape index (κ3) is 5.47. The summed E-state index contributed by atoms with van der Waals surface area (Å²) in [6, 6.07) is 6.57. The Labute approximate surface area is 155 Å². The zero-order chi connectivity index (χ0) is 18.7. The van der Waals surface area contributed by atoms with Gasteiger partial charge in [-0.25, -0.2) is 4.79 Å². The molecule has 0 bridgehead atoms. The predicted octanol–water partition coefficient (Wildman–Crippen LogP) is 3.80. The lowest BCUT2D eigenvalue weighted by molar-refractivity contribution is -0.142. The molecule has 0 saturated carbocycles. The van der Waals surface area contributed by atoms with E-state index in [-0.39, 0.29) is 12.4 Å². The van der Waals surface area contributed by atoms with Crippen molar-refractivity contribution in [3.05, 3.63) is 34.3 Å². The summed E-state index contributed by atoms with van der Waals surface area (Å²) in [6.45, 7) is 7.07. The van der Waals surface area contributed by atoms with Crippen molar-refractivity contribution in [2.24, 2.45) is 0 Å². The van der Waals surface area contributed by atoms with Gasteiger partial charge in [-0.2, -0.15) is 0 Å². The van der Waals surface area contributed by atoms with Crippen LogP contribution in [0.3, 0.4) is 0 Å². The van der Waals surface area contributed by atoms with Gasteiger partial charge in [0.2, 0.25) is 0 Å². The van der Waals surface area contributed by atoms with E-state index in [2.05, 4.69) is 25.0 Å². The van der Waals surface area contributed by atoms with Gasteiger partial charge in [0.25, 0.3) is 0 Å². The van der Waals surface area contributed by atoms with E-state index in [0.717, 1.165) is 17.2 Å². The fraction of sp³-hybridized carbons (Fsp3) is 0.556. The third-order valence-corrected chi connectivity index (χ3v) is 6.48. The van der Waals surface area contributed by atoms with Gasteiger partial charge in [-0.3, -0.25) is 4.79 Å². The Kier molecular flexibility index (Phi) is 6.16. The number of alkyl carbamates (subject to hydrolysis) is 1. The highest BCUT2D eigenvalue weighted by Crippen LogP contribution is 2.36. The van der Waals surface area contributed by atoms with Crippen LogP contribution in [0, 0.1) is 0 Å². The first-order valence-electron chi connectivity index (χ1n) is 8.42. The molecule has 7 heteroatoms. The second-order valence-electron chi connectivity index (χ2n) is 7.84. The van der Waals surface area contributed by atoms with Crippen LogP contribution < -0.4 is 5.32 Å². The molecule has 1 aromatic rings. The van der Waals surface area contributed by atoms with Gasteiger partial charge >= 0.3 is 12.1 Å². The van der Waals surface area contributed by atoms with Crippen molar-refractivity contribution in [2.45, 2.75) is 50.5 Å². The fourth-order valence-electron chi connectivity index (χ4n) is 3.04. The molecule has 1 amide bonds. The number of esters is 1. The molecule has 1 aromatic carbocycles. The molecule has 1 atom stereocenters. The first-order chi connectivity index (χ1) is 11.6. The molecule has 138 valence electrons. The molecule has 1 aliphatic rings. The Hall–Kier alpha value is -1.53. The Bertz CT molecular complexity index is 659. The SMILES string of the molecule is COC(=O)CC1(NC(=O)OCC[Si](C)(C)C)Cc2cccc(Cl)c2C1. The number of methoxy groups -OCH3 is 1. The van der Waals surface area contributed by atoms with Gasteiger partial charge in [0.1, 0.15) is 0 Å². The maximum Gasteiger partial charge on any atom is 0.407 e. The van der Waals surface area contributed by atoms with Crippen molar-refractivity contribution in [3.63, 3.8) is 0 Å². The lowest BCUT2D eigenvalue weighted by Crippen LogP contribution is -2.51. The number of halogens is 1. The standard InChI is InChI=1S/C18H26ClNO4Si/c1-23-16(21)12-18(20-17(22)24-8-9-25(2,3)4)10-13-6-5-7-15(19)14(13)11-18/h5-7H,8-12H2,1-4H3,(H,20,22). The number of ether oxygens (including phenoxy) is 2. The minimum Gasteiger partial charge on any atom is -0.469 e. The molecule has 1 unspecified atom stereocenters. The van der Waals surface area contributed by atoms with Crippen molar-refractivity contribution >= 4 is 31.7 Å². The Balaban J connectivity index is 2.09. The zero-order valence-corrected chi connectivity index (χ0v) is 17.0. The lowest BCUT2D eigenvalue weighted by Gasteiger charge is -2.29. The summed E-state index contributed by atoms with van der Waals surface area (Å²) in [5.41, 5.74) is 1.26. The first kappa shape index (κ1) is 19.8. The molecular weight excluding hydrogens is 358 g/mol. The quantitative estimate of drug-likeness (QED) is 0.599. The largest absolute Gasteiger partial charge is 0.469 e. The number of amides is 1. The first-order valence-corrected chi connectivity index (χ1v) is 12.5. The average molecular weight is 384 g/mol. The van der Waals surface area contributed by atoms with E-state index in [1.807, 2.05) is 18.2 Å². The predicted molar refractivity (Wildman–Crippen MR) is 101 cm³/mol. The van der Waals surface area contributed by atoms with Crippen molar-refractivity contribution in [1.29, 1.82) is 0 Å². The van der Waals surface area contributed by atoms with Crippen LogP contribution in [0.15, 0.2) is 18.2 Å². The van der Waals surface area contributed by atoms with Gasteiger partial charge < -0.3 is 14.8 Å². The fourth-order valence-corrected chi connectivity index (χ4v) is 4.02. The number of hydrogen-bond acceptors (Lipinski definition) is 4. The Morgan fingerprint density at radius 2 is 2.00 bits per heavy atom. The number of nitrogens with one attached hydrogen (secondary N) is 1. The highest BCUT2D eigenvalue weighted by Gasteiger charge is 2.42. The second kappa shape index (κ2) is 7.79. The van der Waals surface area contributed by atoms with Crippen LogP contribution in [0.25, 0.3) is 0 Å². The van der Waals surface area contributed by atoms with Crippen LogP contribution in [-0.4, -0.2) is 39.4 Å².